The van der Waals surface area contributed by atoms with E-state index in [9.17, 15) is 9.59 Å². The van der Waals surface area contributed by atoms with Crippen LogP contribution in [0.1, 0.15) is 45.1 Å². The Labute approximate surface area is 131 Å². The van der Waals surface area contributed by atoms with Crippen LogP contribution in [0.5, 0.6) is 0 Å². The van der Waals surface area contributed by atoms with Crippen molar-refractivity contribution in [2.75, 3.05) is 11.4 Å². The molecule has 1 atom stereocenters. The topological polar surface area (TPSA) is 37.4 Å². The number of carbonyl (C=O) groups is 2. The molecule has 3 nitrogen and oxygen atoms in total. The Bertz CT molecular complexity index is 641. The van der Waals surface area contributed by atoms with E-state index in [0.29, 0.717) is 19.3 Å². The number of para-hydroxylation sites is 1. The summed E-state index contributed by atoms with van der Waals surface area (Å²) in [7, 11) is 0. The monoisotopic (exact) mass is 297 g/mol. The van der Waals surface area contributed by atoms with E-state index >= 15 is 0 Å². The molecule has 2 fully saturated rings. The number of ketones is 2. The van der Waals surface area contributed by atoms with Crippen LogP contribution >= 0.6 is 0 Å². The number of hydrogen-bond donors (Lipinski definition) is 0. The molecule has 0 aromatic heterocycles. The highest BCUT2D eigenvalue weighted by molar-refractivity contribution is 6.11. The lowest BCUT2D eigenvalue weighted by atomic mass is 9.57. The van der Waals surface area contributed by atoms with Crippen molar-refractivity contribution in [3.63, 3.8) is 0 Å². The molecule has 3 heteroatoms. The maximum absolute atomic E-state index is 13.1. The van der Waals surface area contributed by atoms with Crippen LogP contribution < -0.4 is 4.90 Å². The van der Waals surface area contributed by atoms with Crippen molar-refractivity contribution in [3.05, 3.63) is 29.8 Å². The van der Waals surface area contributed by atoms with Gasteiger partial charge in [-0.15, -0.1) is 0 Å². The average Bonchev–Trinajstić information content (AvgIpc) is 2.93. The highest BCUT2D eigenvalue weighted by atomic mass is 16.2. The first-order chi connectivity index (χ1) is 10.4. The zero-order chi connectivity index (χ0) is 15.5. The predicted molar refractivity (Wildman–Crippen MR) is 86.0 cm³/mol. The number of nitrogens with zero attached hydrogens (tertiary/aromatic N) is 1. The van der Waals surface area contributed by atoms with Crippen molar-refractivity contribution in [1.82, 2.24) is 0 Å². The van der Waals surface area contributed by atoms with E-state index in [2.05, 4.69) is 23.1 Å². The van der Waals surface area contributed by atoms with E-state index in [0.717, 1.165) is 19.4 Å². The number of anilines is 1. The van der Waals surface area contributed by atoms with Gasteiger partial charge in [0.2, 0.25) is 0 Å². The molecule has 1 unspecified atom stereocenters. The molecule has 1 spiro atoms. The standard InChI is InChI=1S/C19H23NO2/c1-18(2)11-16(21)19(17(22)12-18)10-13-6-3-4-7-14(13)20-9-5-8-15(19)20/h3-4,6-7,15H,5,8-12H2,1-2H3. The summed E-state index contributed by atoms with van der Waals surface area (Å²) in [6, 6.07) is 8.39. The van der Waals surface area contributed by atoms with Crippen LogP contribution in [0.25, 0.3) is 0 Å². The summed E-state index contributed by atoms with van der Waals surface area (Å²) in [4.78, 5) is 28.5. The largest absolute Gasteiger partial charge is 0.367 e. The zero-order valence-electron chi connectivity index (χ0n) is 13.4. The third-order valence-corrected chi connectivity index (χ3v) is 5.87. The second kappa shape index (κ2) is 4.43. The number of fused-ring (bicyclic) bond motifs is 4. The van der Waals surface area contributed by atoms with E-state index < -0.39 is 5.41 Å². The summed E-state index contributed by atoms with van der Waals surface area (Å²) in [5, 5.41) is 0. The maximum atomic E-state index is 13.1. The van der Waals surface area contributed by atoms with E-state index in [1.54, 1.807) is 0 Å². The normalized spacial score (nSPS) is 28.6. The van der Waals surface area contributed by atoms with Crippen LogP contribution in [0, 0.1) is 10.8 Å². The summed E-state index contributed by atoms with van der Waals surface area (Å²) < 4.78 is 0. The van der Waals surface area contributed by atoms with Crippen molar-refractivity contribution in [3.8, 4) is 0 Å². The third-order valence-electron chi connectivity index (χ3n) is 5.87. The van der Waals surface area contributed by atoms with Gasteiger partial charge in [0.1, 0.15) is 17.0 Å². The molecule has 116 valence electrons. The fourth-order valence-corrected chi connectivity index (χ4v) is 4.90. The Morgan fingerprint density at radius 2 is 1.73 bits per heavy atom. The van der Waals surface area contributed by atoms with Gasteiger partial charge in [-0.1, -0.05) is 32.0 Å². The quantitative estimate of drug-likeness (QED) is 0.690. The first-order valence-corrected chi connectivity index (χ1v) is 8.35. The van der Waals surface area contributed by atoms with E-state index in [1.807, 2.05) is 19.9 Å². The summed E-state index contributed by atoms with van der Waals surface area (Å²) >= 11 is 0. The molecular weight excluding hydrogens is 274 g/mol. The molecule has 2 aliphatic heterocycles. The smallest absolute Gasteiger partial charge is 0.149 e. The molecule has 0 amide bonds. The van der Waals surface area contributed by atoms with E-state index in [-0.39, 0.29) is 23.0 Å². The Kier molecular flexibility index (Phi) is 2.82. The van der Waals surface area contributed by atoms with E-state index in [4.69, 9.17) is 0 Å². The molecule has 1 saturated carbocycles. The van der Waals surface area contributed by atoms with Gasteiger partial charge in [-0.05, 0) is 36.3 Å². The van der Waals surface area contributed by atoms with E-state index in [1.165, 1.54) is 11.3 Å². The Hall–Kier alpha value is -1.64. The van der Waals surface area contributed by atoms with Crippen LogP contribution in [0.3, 0.4) is 0 Å². The lowest BCUT2D eigenvalue weighted by Gasteiger charge is -2.50. The molecule has 1 aromatic carbocycles. The SMILES string of the molecule is CC1(C)CC(=O)C2(Cc3ccccc3N3CCCC32)C(=O)C1. The minimum Gasteiger partial charge on any atom is -0.367 e. The zero-order valence-corrected chi connectivity index (χ0v) is 13.4. The van der Waals surface area contributed by atoms with Gasteiger partial charge in [-0.25, -0.2) is 0 Å². The average molecular weight is 297 g/mol. The second-order valence-corrected chi connectivity index (χ2v) is 7.99. The molecule has 1 saturated heterocycles. The fourth-order valence-electron chi connectivity index (χ4n) is 4.90. The van der Waals surface area contributed by atoms with Crippen LogP contribution in [-0.2, 0) is 16.0 Å². The Morgan fingerprint density at radius 3 is 2.45 bits per heavy atom. The highest BCUT2D eigenvalue weighted by Crippen LogP contribution is 2.52. The molecule has 1 aliphatic carbocycles. The van der Waals surface area contributed by atoms with Crippen LogP contribution in [0.15, 0.2) is 24.3 Å². The molecule has 3 aliphatic rings. The van der Waals surface area contributed by atoms with Crippen molar-refractivity contribution in [2.24, 2.45) is 10.8 Å². The van der Waals surface area contributed by atoms with Gasteiger partial charge in [-0.2, -0.15) is 0 Å². The molecule has 22 heavy (non-hydrogen) atoms. The first kappa shape index (κ1) is 14.0. The molecule has 0 radical (unpaired) electrons. The minimum absolute atomic E-state index is 0.0819. The predicted octanol–water partition coefficient (Wildman–Crippen LogP) is 3.16. The fraction of sp³-hybridized carbons (Fsp3) is 0.579. The van der Waals surface area contributed by atoms with Gasteiger partial charge >= 0.3 is 0 Å². The second-order valence-electron chi connectivity index (χ2n) is 7.99. The lowest BCUT2D eigenvalue weighted by molar-refractivity contribution is -0.150. The minimum atomic E-state index is -0.777. The molecule has 0 bridgehead atoms. The Morgan fingerprint density at radius 1 is 1.05 bits per heavy atom. The molecular formula is C19H23NO2. The summed E-state index contributed by atoms with van der Waals surface area (Å²) in [5.41, 5.74) is 1.45. The van der Waals surface area contributed by atoms with Gasteiger partial charge in [0.25, 0.3) is 0 Å². The van der Waals surface area contributed by atoms with Crippen LogP contribution in [-0.4, -0.2) is 24.2 Å². The number of rotatable bonds is 0. The lowest BCUT2D eigenvalue weighted by Crippen LogP contribution is -2.61. The van der Waals surface area contributed by atoms with Crippen LogP contribution in [0.4, 0.5) is 5.69 Å². The van der Waals surface area contributed by atoms with Gasteiger partial charge in [0.05, 0.1) is 0 Å². The summed E-state index contributed by atoms with van der Waals surface area (Å²) in [6.07, 6.45) is 3.71. The van der Waals surface area contributed by atoms with Crippen molar-refractivity contribution in [2.45, 2.75) is 52.0 Å². The Balaban J connectivity index is 1.85. The number of Topliss-reactive ketones (excluding diaryl/α,β-unsaturated/α-hetero) is 2. The highest BCUT2D eigenvalue weighted by Gasteiger charge is 2.60. The van der Waals surface area contributed by atoms with Crippen molar-refractivity contribution in [1.29, 1.82) is 0 Å². The molecule has 0 N–H and O–H groups in total. The molecule has 4 rings (SSSR count). The number of benzene rings is 1. The number of carbonyl (C=O) groups excluding carboxylic acids is 2. The maximum Gasteiger partial charge on any atom is 0.149 e. The van der Waals surface area contributed by atoms with Crippen molar-refractivity contribution < 1.29 is 9.59 Å². The first-order valence-electron chi connectivity index (χ1n) is 8.35. The van der Waals surface area contributed by atoms with Gasteiger partial charge in [0.15, 0.2) is 0 Å². The third kappa shape index (κ3) is 1.74. The molecule has 2 heterocycles. The van der Waals surface area contributed by atoms with Gasteiger partial charge < -0.3 is 4.90 Å². The van der Waals surface area contributed by atoms with Gasteiger partial charge in [0, 0.05) is 31.1 Å². The summed E-state index contributed by atoms with van der Waals surface area (Å²) in [5.74, 6) is 0.361. The summed E-state index contributed by atoms with van der Waals surface area (Å²) in [6.45, 7) is 5.05. The van der Waals surface area contributed by atoms with Crippen LogP contribution in [0.2, 0.25) is 0 Å². The number of hydrogen-bond acceptors (Lipinski definition) is 3. The molecule has 1 aromatic rings. The van der Waals surface area contributed by atoms with Gasteiger partial charge in [-0.3, -0.25) is 9.59 Å². The van der Waals surface area contributed by atoms with Crippen molar-refractivity contribution >= 4 is 17.3 Å².